The largest absolute Gasteiger partial charge is 0.454 e. The number of fused-ring (bicyclic) bond motifs is 2. The SMILES string of the molecule is O=C(NCCN1CCCCC1)c1ccc2c(c1)NC(=O)c1ccccc1O2. The molecule has 0 radical (unpaired) electrons. The van der Waals surface area contributed by atoms with Crippen molar-refractivity contribution in [3.05, 3.63) is 53.6 Å². The number of likely N-dealkylation sites (tertiary alicyclic amines) is 1. The Morgan fingerprint density at radius 3 is 2.74 bits per heavy atom. The Morgan fingerprint density at radius 2 is 1.89 bits per heavy atom. The maximum absolute atomic E-state index is 12.5. The van der Waals surface area contributed by atoms with Crippen LogP contribution in [-0.2, 0) is 0 Å². The summed E-state index contributed by atoms with van der Waals surface area (Å²) in [5.41, 5.74) is 1.48. The first-order chi connectivity index (χ1) is 13.2. The van der Waals surface area contributed by atoms with Crippen LogP contribution >= 0.6 is 0 Å². The van der Waals surface area contributed by atoms with E-state index in [1.165, 1.54) is 19.3 Å². The average Bonchev–Trinajstić information content (AvgIpc) is 2.84. The molecule has 2 amide bonds. The topological polar surface area (TPSA) is 70.7 Å². The molecule has 140 valence electrons. The monoisotopic (exact) mass is 365 g/mol. The molecular formula is C21H23N3O3. The Hall–Kier alpha value is -2.86. The molecule has 1 fully saturated rings. The fourth-order valence-electron chi connectivity index (χ4n) is 3.52. The van der Waals surface area contributed by atoms with Crippen LogP contribution in [0, 0.1) is 0 Å². The summed E-state index contributed by atoms with van der Waals surface area (Å²) in [4.78, 5) is 27.3. The first-order valence-corrected chi connectivity index (χ1v) is 9.43. The molecule has 2 heterocycles. The lowest BCUT2D eigenvalue weighted by Crippen LogP contribution is -2.37. The number of ether oxygens (including phenoxy) is 1. The van der Waals surface area contributed by atoms with E-state index in [1.54, 1.807) is 36.4 Å². The van der Waals surface area contributed by atoms with Gasteiger partial charge in [-0.05, 0) is 56.3 Å². The van der Waals surface area contributed by atoms with Crippen molar-refractivity contribution in [3.8, 4) is 11.5 Å². The summed E-state index contributed by atoms with van der Waals surface area (Å²) >= 11 is 0. The zero-order valence-electron chi connectivity index (χ0n) is 15.2. The number of piperidine rings is 1. The first kappa shape index (κ1) is 17.5. The summed E-state index contributed by atoms with van der Waals surface area (Å²) in [6, 6.07) is 12.2. The van der Waals surface area contributed by atoms with E-state index in [0.29, 0.717) is 34.9 Å². The van der Waals surface area contributed by atoms with E-state index in [9.17, 15) is 9.59 Å². The minimum absolute atomic E-state index is 0.147. The number of nitrogens with zero attached hydrogens (tertiary/aromatic N) is 1. The molecule has 0 unspecified atom stereocenters. The predicted molar refractivity (Wildman–Crippen MR) is 104 cm³/mol. The number of amides is 2. The van der Waals surface area contributed by atoms with Gasteiger partial charge in [-0.3, -0.25) is 9.59 Å². The van der Waals surface area contributed by atoms with Crippen LogP contribution in [0.2, 0.25) is 0 Å². The van der Waals surface area contributed by atoms with Gasteiger partial charge in [-0.15, -0.1) is 0 Å². The molecule has 0 bridgehead atoms. The van der Waals surface area contributed by atoms with Gasteiger partial charge < -0.3 is 20.3 Å². The quantitative estimate of drug-likeness (QED) is 0.872. The third-order valence-corrected chi connectivity index (χ3v) is 5.00. The lowest BCUT2D eigenvalue weighted by Gasteiger charge is -2.26. The molecule has 0 spiro atoms. The second kappa shape index (κ2) is 7.80. The van der Waals surface area contributed by atoms with E-state index in [-0.39, 0.29) is 11.8 Å². The van der Waals surface area contributed by atoms with Gasteiger partial charge in [0.2, 0.25) is 0 Å². The summed E-state index contributed by atoms with van der Waals surface area (Å²) in [5.74, 6) is 0.642. The summed E-state index contributed by atoms with van der Waals surface area (Å²) in [6.07, 6.45) is 3.78. The molecule has 0 aliphatic carbocycles. The van der Waals surface area contributed by atoms with Gasteiger partial charge in [0.1, 0.15) is 5.75 Å². The van der Waals surface area contributed by atoms with Crippen LogP contribution in [0.3, 0.4) is 0 Å². The maximum Gasteiger partial charge on any atom is 0.259 e. The Labute approximate surface area is 158 Å². The number of nitrogens with one attached hydrogen (secondary N) is 2. The van der Waals surface area contributed by atoms with Crippen molar-refractivity contribution in [2.75, 3.05) is 31.5 Å². The highest BCUT2D eigenvalue weighted by atomic mass is 16.5. The van der Waals surface area contributed by atoms with Gasteiger partial charge >= 0.3 is 0 Å². The molecule has 2 aromatic carbocycles. The van der Waals surface area contributed by atoms with E-state index in [4.69, 9.17) is 4.74 Å². The molecule has 0 atom stereocenters. The van der Waals surface area contributed by atoms with Gasteiger partial charge in [-0.1, -0.05) is 18.6 Å². The van der Waals surface area contributed by atoms with Crippen molar-refractivity contribution in [1.82, 2.24) is 10.2 Å². The summed E-state index contributed by atoms with van der Waals surface area (Å²) in [6.45, 7) is 3.70. The van der Waals surface area contributed by atoms with Crippen molar-refractivity contribution in [3.63, 3.8) is 0 Å². The van der Waals surface area contributed by atoms with Crippen LogP contribution in [-0.4, -0.2) is 42.9 Å². The Kier molecular flexibility index (Phi) is 5.07. The van der Waals surface area contributed by atoms with Gasteiger partial charge in [-0.2, -0.15) is 0 Å². The normalized spacial score (nSPS) is 16.4. The highest BCUT2D eigenvalue weighted by Gasteiger charge is 2.21. The smallest absolute Gasteiger partial charge is 0.259 e. The summed E-state index contributed by atoms with van der Waals surface area (Å²) < 4.78 is 5.85. The highest BCUT2D eigenvalue weighted by Crippen LogP contribution is 2.35. The van der Waals surface area contributed by atoms with Crippen LogP contribution in [0.15, 0.2) is 42.5 Å². The predicted octanol–water partition coefficient (Wildman–Crippen LogP) is 3.26. The number of para-hydroxylation sites is 1. The number of hydrogen-bond acceptors (Lipinski definition) is 4. The number of benzene rings is 2. The van der Waals surface area contributed by atoms with Crippen molar-refractivity contribution in [1.29, 1.82) is 0 Å². The lowest BCUT2D eigenvalue weighted by molar-refractivity contribution is 0.0945. The molecule has 2 N–H and O–H groups in total. The van der Waals surface area contributed by atoms with Gasteiger partial charge in [0, 0.05) is 18.7 Å². The van der Waals surface area contributed by atoms with Gasteiger partial charge in [0.25, 0.3) is 11.8 Å². The molecule has 2 aliphatic heterocycles. The Balaban J connectivity index is 1.43. The van der Waals surface area contributed by atoms with Crippen LogP contribution in [0.4, 0.5) is 5.69 Å². The van der Waals surface area contributed by atoms with Gasteiger partial charge in [0.05, 0.1) is 11.3 Å². The van der Waals surface area contributed by atoms with Gasteiger partial charge in [-0.25, -0.2) is 0 Å². The third kappa shape index (κ3) is 3.95. The van der Waals surface area contributed by atoms with Crippen molar-refractivity contribution >= 4 is 17.5 Å². The molecule has 0 aromatic heterocycles. The van der Waals surface area contributed by atoms with E-state index >= 15 is 0 Å². The molecule has 2 aliphatic rings. The minimum atomic E-state index is -0.244. The van der Waals surface area contributed by atoms with Crippen LogP contribution in [0.1, 0.15) is 40.0 Å². The second-order valence-electron chi connectivity index (χ2n) is 6.92. The second-order valence-corrected chi connectivity index (χ2v) is 6.92. The molecule has 6 nitrogen and oxygen atoms in total. The number of rotatable bonds is 4. The van der Waals surface area contributed by atoms with Crippen LogP contribution in [0.25, 0.3) is 0 Å². The van der Waals surface area contributed by atoms with Crippen molar-refractivity contribution in [2.45, 2.75) is 19.3 Å². The molecule has 4 rings (SSSR count). The van der Waals surface area contributed by atoms with E-state index in [0.717, 1.165) is 19.6 Å². The molecule has 2 aromatic rings. The van der Waals surface area contributed by atoms with Gasteiger partial charge in [0.15, 0.2) is 5.75 Å². The van der Waals surface area contributed by atoms with Crippen molar-refractivity contribution in [2.24, 2.45) is 0 Å². The number of hydrogen-bond donors (Lipinski definition) is 2. The lowest BCUT2D eigenvalue weighted by atomic mass is 10.1. The summed E-state index contributed by atoms with van der Waals surface area (Å²) in [5, 5.41) is 5.79. The maximum atomic E-state index is 12.5. The third-order valence-electron chi connectivity index (χ3n) is 5.00. The fourth-order valence-corrected chi connectivity index (χ4v) is 3.52. The standard InChI is InChI=1S/C21H23N3O3/c25-20(22-10-13-24-11-4-1-5-12-24)15-8-9-19-17(14-15)23-21(26)16-6-2-3-7-18(16)27-19/h2-3,6-9,14H,1,4-5,10-13H2,(H,22,25)(H,23,26). The number of anilines is 1. The first-order valence-electron chi connectivity index (χ1n) is 9.43. The van der Waals surface area contributed by atoms with E-state index < -0.39 is 0 Å². The average molecular weight is 365 g/mol. The molecular weight excluding hydrogens is 342 g/mol. The van der Waals surface area contributed by atoms with E-state index in [2.05, 4.69) is 15.5 Å². The van der Waals surface area contributed by atoms with Crippen molar-refractivity contribution < 1.29 is 14.3 Å². The number of carbonyl (C=O) groups is 2. The van der Waals surface area contributed by atoms with Crippen LogP contribution < -0.4 is 15.4 Å². The molecule has 0 saturated carbocycles. The number of carbonyl (C=O) groups excluding carboxylic acids is 2. The Bertz CT molecular complexity index is 860. The van der Waals surface area contributed by atoms with E-state index in [1.807, 2.05) is 6.07 Å². The Morgan fingerprint density at radius 1 is 1.07 bits per heavy atom. The minimum Gasteiger partial charge on any atom is -0.454 e. The molecule has 1 saturated heterocycles. The zero-order chi connectivity index (χ0) is 18.6. The summed E-state index contributed by atoms with van der Waals surface area (Å²) in [7, 11) is 0. The molecule has 6 heteroatoms. The van der Waals surface area contributed by atoms with Crippen LogP contribution in [0.5, 0.6) is 11.5 Å². The highest BCUT2D eigenvalue weighted by molar-refractivity contribution is 6.08. The zero-order valence-corrected chi connectivity index (χ0v) is 15.2. The molecule has 27 heavy (non-hydrogen) atoms. The fraction of sp³-hybridized carbons (Fsp3) is 0.333.